The van der Waals surface area contributed by atoms with E-state index >= 15 is 0 Å². The quantitative estimate of drug-likeness (QED) is 0.521. The Labute approximate surface area is 171 Å². The molecule has 1 heterocycles. The maximum Gasteiger partial charge on any atom is 0.282 e. The van der Waals surface area contributed by atoms with Crippen LogP contribution in [-0.2, 0) is 4.79 Å². The van der Waals surface area contributed by atoms with Crippen LogP contribution in [0.3, 0.4) is 0 Å². The standard InChI is InChI=1S/C19H16Cl2N4O3/c1-10(22-23-18(27)13-5-3-4-6-16(13)26)17-11(2)24-25(19(17)28)12-7-8-14(20)15(21)9-12/h3-9,22,26H,1-2H3,(H,23,27)/b17-10-. The van der Waals surface area contributed by atoms with E-state index in [1.807, 2.05) is 0 Å². The fourth-order valence-electron chi connectivity index (χ4n) is 2.68. The van der Waals surface area contributed by atoms with E-state index in [9.17, 15) is 14.7 Å². The minimum Gasteiger partial charge on any atom is -0.507 e. The Morgan fingerprint density at radius 3 is 2.50 bits per heavy atom. The van der Waals surface area contributed by atoms with Crippen LogP contribution in [0.5, 0.6) is 5.75 Å². The van der Waals surface area contributed by atoms with Gasteiger partial charge in [0.05, 0.1) is 32.6 Å². The van der Waals surface area contributed by atoms with Gasteiger partial charge in [-0.2, -0.15) is 10.1 Å². The molecule has 1 aliphatic heterocycles. The van der Waals surface area contributed by atoms with Crippen molar-refractivity contribution >= 4 is 46.4 Å². The second kappa shape index (κ2) is 7.92. The van der Waals surface area contributed by atoms with Crippen molar-refractivity contribution in [2.75, 3.05) is 5.01 Å². The van der Waals surface area contributed by atoms with E-state index in [1.165, 1.54) is 17.1 Å². The molecule has 2 aromatic rings. The van der Waals surface area contributed by atoms with E-state index in [2.05, 4.69) is 16.0 Å². The first kappa shape index (κ1) is 19.7. The molecule has 0 unspecified atom stereocenters. The van der Waals surface area contributed by atoms with Crippen LogP contribution in [0, 0.1) is 0 Å². The van der Waals surface area contributed by atoms with Gasteiger partial charge < -0.3 is 10.5 Å². The van der Waals surface area contributed by atoms with Gasteiger partial charge in [-0.1, -0.05) is 35.3 Å². The molecule has 3 N–H and O–H groups in total. The molecule has 1 aliphatic rings. The second-order valence-electron chi connectivity index (χ2n) is 6.00. The van der Waals surface area contributed by atoms with Gasteiger partial charge in [-0.15, -0.1) is 0 Å². The summed E-state index contributed by atoms with van der Waals surface area (Å²) in [5, 5.41) is 15.9. The lowest BCUT2D eigenvalue weighted by Crippen LogP contribution is -2.37. The monoisotopic (exact) mass is 418 g/mol. The number of para-hydroxylation sites is 1. The van der Waals surface area contributed by atoms with Crippen LogP contribution in [0.4, 0.5) is 5.69 Å². The fraction of sp³-hybridized carbons (Fsp3) is 0.105. The molecule has 2 aromatic carbocycles. The van der Waals surface area contributed by atoms with Crippen LogP contribution in [0.25, 0.3) is 0 Å². The van der Waals surface area contributed by atoms with Crippen molar-refractivity contribution in [1.82, 2.24) is 10.9 Å². The minimum atomic E-state index is -0.542. The molecule has 0 aromatic heterocycles. The number of amides is 2. The number of phenolic OH excluding ortho intramolecular Hbond substituents is 1. The van der Waals surface area contributed by atoms with Crippen LogP contribution < -0.4 is 15.9 Å². The van der Waals surface area contributed by atoms with Gasteiger partial charge in [0.15, 0.2) is 0 Å². The summed E-state index contributed by atoms with van der Waals surface area (Å²) >= 11 is 11.9. The van der Waals surface area contributed by atoms with E-state index in [1.54, 1.807) is 44.2 Å². The summed E-state index contributed by atoms with van der Waals surface area (Å²) in [6, 6.07) is 10.9. The van der Waals surface area contributed by atoms with Crippen molar-refractivity contribution in [1.29, 1.82) is 0 Å². The topological polar surface area (TPSA) is 94.0 Å². The van der Waals surface area contributed by atoms with Crippen molar-refractivity contribution in [3.8, 4) is 5.75 Å². The van der Waals surface area contributed by atoms with Gasteiger partial charge in [-0.25, -0.2) is 0 Å². The summed E-state index contributed by atoms with van der Waals surface area (Å²) in [5.74, 6) is -1.07. The van der Waals surface area contributed by atoms with Crippen LogP contribution in [0.1, 0.15) is 24.2 Å². The molecule has 0 bridgehead atoms. The van der Waals surface area contributed by atoms with Gasteiger partial charge in [0, 0.05) is 5.70 Å². The molecular formula is C19H16Cl2N4O3. The molecule has 0 fully saturated rings. The highest BCUT2D eigenvalue weighted by molar-refractivity contribution is 6.42. The number of carbonyl (C=O) groups is 2. The van der Waals surface area contributed by atoms with Crippen LogP contribution in [0.2, 0.25) is 10.0 Å². The molecule has 0 spiro atoms. The summed E-state index contributed by atoms with van der Waals surface area (Å²) in [6.45, 7) is 3.32. The third kappa shape index (κ3) is 3.81. The predicted molar refractivity (Wildman–Crippen MR) is 108 cm³/mol. The molecule has 0 saturated carbocycles. The number of hydrazine groups is 1. The highest BCUT2D eigenvalue weighted by Gasteiger charge is 2.31. The number of halogens is 2. The second-order valence-corrected chi connectivity index (χ2v) is 6.81. The van der Waals surface area contributed by atoms with Crippen molar-refractivity contribution < 1.29 is 14.7 Å². The molecule has 7 nitrogen and oxygen atoms in total. The Kier molecular flexibility index (Phi) is 5.58. The highest BCUT2D eigenvalue weighted by Crippen LogP contribution is 2.30. The number of nitrogens with one attached hydrogen (secondary N) is 2. The summed E-state index contributed by atoms with van der Waals surface area (Å²) in [5.41, 5.74) is 6.91. The zero-order chi connectivity index (χ0) is 20.4. The molecule has 0 aliphatic carbocycles. The van der Waals surface area contributed by atoms with Crippen molar-refractivity contribution in [3.63, 3.8) is 0 Å². The number of allylic oxidation sites excluding steroid dienone is 1. The normalized spacial score (nSPS) is 15.4. The number of benzene rings is 2. The Morgan fingerprint density at radius 1 is 1.11 bits per heavy atom. The average Bonchev–Trinajstić information content (AvgIpc) is 2.96. The number of hydrogen-bond donors (Lipinski definition) is 3. The molecule has 9 heteroatoms. The van der Waals surface area contributed by atoms with Gasteiger partial charge in [0.25, 0.3) is 11.8 Å². The lowest BCUT2D eigenvalue weighted by molar-refractivity contribution is -0.114. The van der Waals surface area contributed by atoms with Gasteiger partial charge in [0.1, 0.15) is 5.75 Å². The van der Waals surface area contributed by atoms with Crippen LogP contribution >= 0.6 is 23.2 Å². The summed E-state index contributed by atoms with van der Waals surface area (Å²) in [7, 11) is 0. The number of phenols is 1. The molecule has 144 valence electrons. The average molecular weight is 419 g/mol. The summed E-state index contributed by atoms with van der Waals surface area (Å²) in [4.78, 5) is 25.0. The summed E-state index contributed by atoms with van der Waals surface area (Å²) < 4.78 is 0. The Balaban J connectivity index is 1.78. The van der Waals surface area contributed by atoms with Gasteiger partial charge in [0.2, 0.25) is 0 Å². The lowest BCUT2D eigenvalue weighted by Gasteiger charge is -2.14. The zero-order valence-electron chi connectivity index (χ0n) is 15.0. The maximum absolute atomic E-state index is 12.8. The Bertz CT molecular complexity index is 1030. The predicted octanol–water partition coefficient (Wildman–Crippen LogP) is 3.63. The maximum atomic E-state index is 12.8. The molecule has 2 amide bonds. The first-order chi connectivity index (χ1) is 13.3. The summed E-state index contributed by atoms with van der Waals surface area (Å²) in [6.07, 6.45) is 0. The number of rotatable bonds is 4. The number of hydrogen-bond acceptors (Lipinski definition) is 5. The van der Waals surface area contributed by atoms with E-state index in [4.69, 9.17) is 23.2 Å². The zero-order valence-corrected chi connectivity index (χ0v) is 16.5. The van der Waals surface area contributed by atoms with E-state index in [0.29, 0.717) is 32.7 Å². The molecule has 0 saturated heterocycles. The van der Waals surface area contributed by atoms with Gasteiger partial charge in [-0.3, -0.25) is 15.0 Å². The molecular weight excluding hydrogens is 403 g/mol. The Morgan fingerprint density at radius 2 is 1.82 bits per heavy atom. The number of anilines is 1. The first-order valence-corrected chi connectivity index (χ1v) is 8.95. The third-order valence-corrected chi connectivity index (χ3v) is 4.79. The number of hydrazone groups is 1. The van der Waals surface area contributed by atoms with E-state index in [0.717, 1.165) is 0 Å². The lowest BCUT2D eigenvalue weighted by atomic mass is 10.1. The molecule has 0 atom stereocenters. The SMILES string of the molecule is CC1=NN(c2ccc(Cl)c(Cl)c2)C(=O)/C1=C(/C)NNC(=O)c1ccccc1O. The van der Waals surface area contributed by atoms with E-state index < -0.39 is 5.91 Å². The van der Waals surface area contributed by atoms with E-state index in [-0.39, 0.29) is 17.2 Å². The van der Waals surface area contributed by atoms with Crippen molar-refractivity contribution in [2.24, 2.45) is 5.10 Å². The first-order valence-electron chi connectivity index (χ1n) is 8.20. The minimum absolute atomic E-state index is 0.105. The van der Waals surface area contributed by atoms with Gasteiger partial charge >= 0.3 is 0 Å². The molecule has 28 heavy (non-hydrogen) atoms. The van der Waals surface area contributed by atoms with Gasteiger partial charge in [-0.05, 0) is 44.2 Å². The van der Waals surface area contributed by atoms with Crippen LogP contribution in [0.15, 0.2) is 58.8 Å². The Hall–Kier alpha value is -3.03. The van der Waals surface area contributed by atoms with Crippen LogP contribution in [-0.4, -0.2) is 22.6 Å². The molecule has 3 rings (SSSR count). The van der Waals surface area contributed by atoms with Crippen molar-refractivity contribution in [2.45, 2.75) is 13.8 Å². The number of nitrogens with zero attached hydrogens (tertiary/aromatic N) is 2. The number of aromatic hydroxyl groups is 1. The smallest absolute Gasteiger partial charge is 0.282 e. The number of carbonyl (C=O) groups excluding carboxylic acids is 2. The largest absolute Gasteiger partial charge is 0.507 e. The highest BCUT2D eigenvalue weighted by atomic mass is 35.5. The third-order valence-electron chi connectivity index (χ3n) is 4.05. The fourth-order valence-corrected chi connectivity index (χ4v) is 2.97. The molecule has 0 radical (unpaired) electrons. The van der Waals surface area contributed by atoms with Crippen molar-refractivity contribution in [3.05, 3.63) is 69.3 Å².